The normalized spacial score (nSPS) is 15.9. The predicted octanol–water partition coefficient (Wildman–Crippen LogP) is 3.75. The van der Waals surface area contributed by atoms with Gasteiger partial charge in [-0.15, -0.1) is 24.0 Å². The zero-order chi connectivity index (χ0) is 20.6. The summed E-state index contributed by atoms with van der Waals surface area (Å²) in [5.41, 5.74) is 1.17. The van der Waals surface area contributed by atoms with E-state index in [0.717, 1.165) is 37.7 Å². The molecule has 1 atom stereocenters. The van der Waals surface area contributed by atoms with Gasteiger partial charge in [-0.2, -0.15) is 0 Å². The summed E-state index contributed by atoms with van der Waals surface area (Å²) in [5.74, 6) is 1.69. The second-order valence-corrected chi connectivity index (χ2v) is 7.41. The molecule has 1 unspecified atom stereocenters. The van der Waals surface area contributed by atoms with E-state index in [-0.39, 0.29) is 41.6 Å². The van der Waals surface area contributed by atoms with Gasteiger partial charge in [0.25, 0.3) is 0 Å². The Labute approximate surface area is 195 Å². The standard InChI is InChI=1S/C22H30FN5O.HI/c1-16-8-9-21(25-14-16)28-12-10-18(11-13-28)27-22(24-3)26-15-17(2)29-20-7-5-4-6-19(20)23;/h4-9,14,17-18H,10-13,15H2,1-3H3,(H2,24,26,27);1H. The molecule has 0 radical (unpaired) electrons. The van der Waals surface area contributed by atoms with Crippen molar-refractivity contribution in [3.8, 4) is 5.75 Å². The number of para-hydroxylation sites is 1. The first-order chi connectivity index (χ1) is 14.0. The molecule has 164 valence electrons. The first kappa shape index (κ1) is 24.2. The molecule has 6 nitrogen and oxygen atoms in total. The number of benzene rings is 1. The summed E-state index contributed by atoms with van der Waals surface area (Å²) in [6.45, 7) is 6.39. The van der Waals surface area contributed by atoms with Crippen LogP contribution in [0.3, 0.4) is 0 Å². The number of pyridine rings is 1. The van der Waals surface area contributed by atoms with Crippen molar-refractivity contribution in [1.82, 2.24) is 15.6 Å². The van der Waals surface area contributed by atoms with Crippen molar-refractivity contribution in [2.45, 2.75) is 38.8 Å². The zero-order valence-electron chi connectivity index (χ0n) is 17.8. The zero-order valence-corrected chi connectivity index (χ0v) is 20.1. The first-order valence-corrected chi connectivity index (χ1v) is 10.1. The highest BCUT2D eigenvalue weighted by atomic mass is 127. The molecule has 0 bridgehead atoms. The van der Waals surface area contributed by atoms with Gasteiger partial charge in [0, 0.05) is 32.4 Å². The van der Waals surface area contributed by atoms with Crippen molar-refractivity contribution >= 4 is 35.8 Å². The lowest BCUT2D eigenvalue weighted by molar-refractivity contribution is 0.214. The Morgan fingerprint density at radius 3 is 2.63 bits per heavy atom. The summed E-state index contributed by atoms with van der Waals surface area (Å²) < 4.78 is 19.4. The van der Waals surface area contributed by atoms with Crippen molar-refractivity contribution in [2.24, 2.45) is 4.99 Å². The number of aliphatic imine (C=N–C) groups is 1. The molecule has 0 amide bonds. The van der Waals surface area contributed by atoms with Crippen LogP contribution in [0.1, 0.15) is 25.3 Å². The third-order valence-electron chi connectivity index (χ3n) is 5.00. The fourth-order valence-electron chi connectivity index (χ4n) is 3.33. The number of anilines is 1. The summed E-state index contributed by atoms with van der Waals surface area (Å²) in [6.07, 6.45) is 3.74. The maximum absolute atomic E-state index is 13.7. The van der Waals surface area contributed by atoms with Gasteiger partial charge in [0.05, 0.1) is 6.54 Å². The number of aryl methyl sites for hydroxylation is 1. The molecule has 0 aliphatic carbocycles. The number of guanidine groups is 1. The van der Waals surface area contributed by atoms with Crippen LogP contribution in [0.5, 0.6) is 5.75 Å². The number of aromatic nitrogens is 1. The lowest BCUT2D eigenvalue weighted by Gasteiger charge is -2.34. The largest absolute Gasteiger partial charge is 0.486 e. The molecular weight excluding hydrogens is 496 g/mol. The van der Waals surface area contributed by atoms with Gasteiger partial charge in [-0.3, -0.25) is 4.99 Å². The third kappa shape index (κ3) is 7.00. The molecule has 2 N–H and O–H groups in total. The van der Waals surface area contributed by atoms with Gasteiger partial charge in [0.15, 0.2) is 17.5 Å². The number of hydrogen-bond acceptors (Lipinski definition) is 4. The van der Waals surface area contributed by atoms with E-state index in [0.29, 0.717) is 12.6 Å². The third-order valence-corrected chi connectivity index (χ3v) is 5.00. The van der Waals surface area contributed by atoms with Crippen LogP contribution in [0, 0.1) is 12.7 Å². The van der Waals surface area contributed by atoms with Crippen molar-refractivity contribution in [3.63, 3.8) is 0 Å². The first-order valence-electron chi connectivity index (χ1n) is 10.1. The van der Waals surface area contributed by atoms with E-state index in [1.54, 1.807) is 25.2 Å². The predicted molar refractivity (Wildman–Crippen MR) is 131 cm³/mol. The molecule has 1 aliphatic heterocycles. The Hall–Kier alpha value is -2.10. The van der Waals surface area contributed by atoms with Crippen molar-refractivity contribution in [1.29, 1.82) is 0 Å². The highest BCUT2D eigenvalue weighted by Crippen LogP contribution is 2.18. The second kappa shape index (κ2) is 11.9. The highest BCUT2D eigenvalue weighted by Gasteiger charge is 2.21. The maximum Gasteiger partial charge on any atom is 0.191 e. The Kier molecular flexibility index (Phi) is 9.61. The van der Waals surface area contributed by atoms with Crippen molar-refractivity contribution in [2.75, 3.05) is 31.6 Å². The van der Waals surface area contributed by atoms with E-state index >= 15 is 0 Å². The second-order valence-electron chi connectivity index (χ2n) is 7.41. The summed E-state index contributed by atoms with van der Waals surface area (Å²) in [5, 5.41) is 6.75. The number of hydrogen-bond donors (Lipinski definition) is 2. The van der Waals surface area contributed by atoms with Gasteiger partial charge in [0.2, 0.25) is 0 Å². The number of ether oxygens (including phenoxy) is 1. The van der Waals surface area contributed by atoms with Crippen LogP contribution in [0.25, 0.3) is 0 Å². The number of nitrogens with one attached hydrogen (secondary N) is 2. The smallest absolute Gasteiger partial charge is 0.191 e. The summed E-state index contributed by atoms with van der Waals surface area (Å²) in [7, 11) is 1.75. The average molecular weight is 527 g/mol. The Bertz CT molecular complexity index is 809. The Morgan fingerprint density at radius 1 is 1.27 bits per heavy atom. The van der Waals surface area contributed by atoms with Gasteiger partial charge in [0.1, 0.15) is 11.9 Å². The molecule has 0 spiro atoms. The van der Waals surface area contributed by atoms with Crippen LogP contribution in [0.4, 0.5) is 10.2 Å². The highest BCUT2D eigenvalue weighted by molar-refractivity contribution is 14.0. The van der Waals surface area contributed by atoms with Gasteiger partial charge in [-0.05, 0) is 50.5 Å². The van der Waals surface area contributed by atoms with Crippen molar-refractivity contribution in [3.05, 3.63) is 54.0 Å². The van der Waals surface area contributed by atoms with E-state index in [4.69, 9.17) is 4.74 Å². The van der Waals surface area contributed by atoms with E-state index in [1.165, 1.54) is 11.6 Å². The van der Waals surface area contributed by atoms with Crippen molar-refractivity contribution < 1.29 is 9.13 Å². The lowest BCUT2D eigenvalue weighted by Crippen LogP contribution is -2.50. The molecule has 3 rings (SSSR count). The minimum absolute atomic E-state index is 0. The van der Waals surface area contributed by atoms with Crippen LogP contribution in [-0.2, 0) is 0 Å². The molecule has 1 fully saturated rings. The van der Waals surface area contributed by atoms with Gasteiger partial charge < -0.3 is 20.3 Å². The molecule has 1 saturated heterocycles. The average Bonchev–Trinajstić information content (AvgIpc) is 2.74. The number of halogens is 2. The van der Waals surface area contributed by atoms with Gasteiger partial charge in [-0.25, -0.2) is 9.37 Å². The van der Waals surface area contributed by atoms with Crippen LogP contribution in [0.15, 0.2) is 47.6 Å². The minimum atomic E-state index is -0.350. The Morgan fingerprint density at radius 2 is 2.00 bits per heavy atom. The SMILES string of the molecule is CN=C(NCC(C)Oc1ccccc1F)NC1CCN(c2ccc(C)cn2)CC1.I. The number of nitrogens with zero attached hydrogens (tertiary/aromatic N) is 3. The molecule has 30 heavy (non-hydrogen) atoms. The minimum Gasteiger partial charge on any atom is -0.486 e. The van der Waals surface area contributed by atoms with Crippen LogP contribution < -0.4 is 20.3 Å². The molecule has 1 aliphatic rings. The fraction of sp³-hybridized carbons (Fsp3) is 0.455. The van der Waals surface area contributed by atoms with Gasteiger partial charge in [-0.1, -0.05) is 18.2 Å². The number of rotatable bonds is 6. The summed E-state index contributed by atoms with van der Waals surface area (Å²) in [6, 6.07) is 11.0. The van der Waals surface area contributed by atoms with E-state index in [2.05, 4.69) is 37.6 Å². The van der Waals surface area contributed by atoms with Crippen LogP contribution in [-0.4, -0.2) is 49.8 Å². The van der Waals surface area contributed by atoms with E-state index < -0.39 is 0 Å². The molecule has 2 heterocycles. The van der Waals surface area contributed by atoms with E-state index in [1.807, 2.05) is 20.0 Å². The lowest BCUT2D eigenvalue weighted by atomic mass is 10.1. The molecule has 2 aromatic rings. The molecular formula is C22H31FIN5O. The molecule has 8 heteroatoms. The molecule has 0 saturated carbocycles. The maximum atomic E-state index is 13.7. The van der Waals surface area contributed by atoms with E-state index in [9.17, 15) is 4.39 Å². The molecule has 1 aromatic carbocycles. The fourth-order valence-corrected chi connectivity index (χ4v) is 3.33. The quantitative estimate of drug-likeness (QED) is 0.341. The number of piperidine rings is 1. The molecule has 1 aromatic heterocycles. The topological polar surface area (TPSA) is 61.8 Å². The van der Waals surface area contributed by atoms with Crippen LogP contribution in [0.2, 0.25) is 0 Å². The van der Waals surface area contributed by atoms with Gasteiger partial charge >= 0.3 is 0 Å². The Balaban J connectivity index is 0.00000320. The summed E-state index contributed by atoms with van der Waals surface area (Å²) >= 11 is 0. The van der Waals surface area contributed by atoms with Crippen LogP contribution >= 0.6 is 24.0 Å². The monoisotopic (exact) mass is 527 g/mol. The summed E-state index contributed by atoms with van der Waals surface area (Å²) in [4.78, 5) is 11.1.